The van der Waals surface area contributed by atoms with Crippen LogP contribution in [0.5, 0.6) is 5.75 Å². The number of primary amides is 1. The van der Waals surface area contributed by atoms with Crippen LogP contribution in [-0.4, -0.2) is 23.0 Å². The maximum atomic E-state index is 11.5. The van der Waals surface area contributed by atoms with Gasteiger partial charge in [0.05, 0.1) is 17.3 Å². The first kappa shape index (κ1) is 13.8. The highest BCUT2D eigenvalue weighted by Crippen LogP contribution is 2.38. The van der Waals surface area contributed by atoms with Crippen molar-refractivity contribution >= 4 is 39.1 Å². The molecule has 0 saturated carbocycles. The second-order valence-corrected chi connectivity index (χ2v) is 5.62. The molecule has 5 nitrogen and oxygen atoms in total. The van der Waals surface area contributed by atoms with E-state index in [1.54, 1.807) is 7.11 Å². The molecule has 0 aliphatic carbocycles. The van der Waals surface area contributed by atoms with Crippen LogP contribution < -0.4 is 10.5 Å². The molecule has 7 heteroatoms. The number of carbonyl (C=O) groups is 1. The molecule has 2 heterocycles. The van der Waals surface area contributed by atoms with Gasteiger partial charge in [-0.2, -0.15) is 0 Å². The molecule has 0 saturated heterocycles. The van der Waals surface area contributed by atoms with Crippen LogP contribution >= 0.6 is 22.9 Å². The van der Waals surface area contributed by atoms with Gasteiger partial charge in [0.25, 0.3) is 5.91 Å². The van der Waals surface area contributed by atoms with Crippen LogP contribution in [0.2, 0.25) is 5.28 Å². The third-order valence-electron chi connectivity index (χ3n) is 2.95. The van der Waals surface area contributed by atoms with Gasteiger partial charge in [-0.25, -0.2) is 9.97 Å². The quantitative estimate of drug-likeness (QED) is 0.752. The van der Waals surface area contributed by atoms with E-state index in [9.17, 15) is 4.79 Å². The number of fused-ring (bicyclic) bond motifs is 1. The molecule has 0 fully saturated rings. The molecule has 106 valence electrons. The van der Waals surface area contributed by atoms with Crippen molar-refractivity contribution in [2.75, 3.05) is 7.11 Å². The van der Waals surface area contributed by atoms with Gasteiger partial charge in [-0.3, -0.25) is 4.79 Å². The highest BCUT2D eigenvalue weighted by Gasteiger charge is 2.17. The van der Waals surface area contributed by atoms with Crippen molar-refractivity contribution in [1.29, 1.82) is 0 Å². The minimum atomic E-state index is -0.627. The number of hydrogen-bond acceptors (Lipinski definition) is 5. The number of para-hydroxylation sites is 1. The lowest BCUT2D eigenvalue weighted by atomic mass is 10.1. The maximum Gasteiger partial charge on any atom is 0.268 e. The number of halogens is 1. The van der Waals surface area contributed by atoms with Crippen molar-refractivity contribution in [2.24, 2.45) is 5.73 Å². The Morgan fingerprint density at radius 3 is 2.81 bits per heavy atom. The number of nitrogens with zero attached hydrogens (tertiary/aromatic N) is 2. The molecule has 0 aliphatic heterocycles. The molecule has 3 rings (SSSR count). The molecule has 0 spiro atoms. The fourth-order valence-electron chi connectivity index (χ4n) is 2.05. The lowest BCUT2D eigenvalue weighted by molar-refractivity contribution is 0.0997. The number of hydrogen-bond donors (Lipinski definition) is 1. The summed E-state index contributed by atoms with van der Waals surface area (Å²) in [6.07, 6.45) is 0. The number of ether oxygens (including phenoxy) is 1. The fraction of sp³-hybridized carbons (Fsp3) is 0.0714. The van der Waals surface area contributed by atoms with Gasteiger partial charge in [0.1, 0.15) is 5.75 Å². The Kier molecular flexibility index (Phi) is 3.48. The van der Waals surface area contributed by atoms with E-state index in [1.165, 1.54) is 11.3 Å². The smallest absolute Gasteiger partial charge is 0.268 e. The van der Waals surface area contributed by atoms with Crippen LogP contribution in [0, 0.1) is 0 Å². The number of amides is 1. The second-order valence-electron chi connectivity index (χ2n) is 4.23. The number of nitrogens with two attached hydrogens (primary N) is 1. The Hall–Kier alpha value is -2.18. The molecule has 1 aromatic carbocycles. The molecule has 0 unspecified atom stereocenters. The normalized spacial score (nSPS) is 10.8. The molecule has 0 bridgehead atoms. The predicted octanol–water partition coefficient (Wildman–Crippen LogP) is 3.12. The van der Waals surface area contributed by atoms with Gasteiger partial charge in [-0.05, 0) is 29.8 Å². The summed E-state index contributed by atoms with van der Waals surface area (Å²) in [6.45, 7) is 0. The lowest BCUT2D eigenvalue weighted by Crippen LogP contribution is -2.13. The van der Waals surface area contributed by atoms with Gasteiger partial charge in [-0.1, -0.05) is 12.1 Å². The van der Waals surface area contributed by atoms with E-state index in [1.807, 2.05) is 30.3 Å². The van der Waals surface area contributed by atoms with E-state index in [-0.39, 0.29) is 11.0 Å². The van der Waals surface area contributed by atoms with E-state index in [0.717, 1.165) is 16.2 Å². The number of methoxy groups -OCH3 is 1. The van der Waals surface area contributed by atoms with Crippen LogP contribution in [0.1, 0.15) is 10.5 Å². The molecule has 0 radical (unpaired) electrons. The molecule has 1 amide bonds. The summed E-state index contributed by atoms with van der Waals surface area (Å²) in [5.41, 5.74) is 6.99. The van der Waals surface area contributed by atoms with E-state index in [0.29, 0.717) is 10.2 Å². The van der Waals surface area contributed by atoms with Crippen molar-refractivity contribution in [3.05, 3.63) is 41.3 Å². The zero-order valence-corrected chi connectivity index (χ0v) is 12.5. The van der Waals surface area contributed by atoms with Crippen molar-refractivity contribution in [3.63, 3.8) is 0 Å². The SMILES string of the molecule is COc1ccccc1-c1cc2nc(Cl)nc(C(N)=O)c2s1. The van der Waals surface area contributed by atoms with Crippen LogP contribution in [0.3, 0.4) is 0 Å². The molecule has 21 heavy (non-hydrogen) atoms. The van der Waals surface area contributed by atoms with Crippen molar-refractivity contribution in [3.8, 4) is 16.2 Å². The van der Waals surface area contributed by atoms with Gasteiger partial charge in [0.15, 0.2) is 5.69 Å². The summed E-state index contributed by atoms with van der Waals surface area (Å²) >= 11 is 7.21. The summed E-state index contributed by atoms with van der Waals surface area (Å²) in [5, 5.41) is 0.000627. The van der Waals surface area contributed by atoms with E-state index in [4.69, 9.17) is 22.1 Å². The third-order valence-corrected chi connectivity index (χ3v) is 4.28. The largest absolute Gasteiger partial charge is 0.496 e. The van der Waals surface area contributed by atoms with Gasteiger partial charge in [0.2, 0.25) is 5.28 Å². The Balaban J connectivity index is 2.26. The molecule has 0 aliphatic rings. The monoisotopic (exact) mass is 319 g/mol. The van der Waals surface area contributed by atoms with Crippen molar-refractivity contribution in [1.82, 2.24) is 9.97 Å². The minimum absolute atomic E-state index is 0.000627. The van der Waals surface area contributed by atoms with Crippen molar-refractivity contribution < 1.29 is 9.53 Å². The summed E-state index contributed by atoms with van der Waals surface area (Å²) in [4.78, 5) is 20.4. The molecular formula is C14H10ClN3O2S. The molecule has 2 N–H and O–H groups in total. The van der Waals surface area contributed by atoms with Gasteiger partial charge < -0.3 is 10.5 Å². The van der Waals surface area contributed by atoms with Crippen molar-refractivity contribution in [2.45, 2.75) is 0 Å². The van der Waals surface area contributed by atoms with Crippen LogP contribution in [0.4, 0.5) is 0 Å². The number of benzene rings is 1. The molecule has 3 aromatic rings. The van der Waals surface area contributed by atoms with Crippen LogP contribution in [0.15, 0.2) is 30.3 Å². The first-order valence-electron chi connectivity index (χ1n) is 6.00. The number of aromatic nitrogens is 2. The Labute approximate surface area is 129 Å². The molecule has 0 atom stereocenters. The zero-order valence-electron chi connectivity index (χ0n) is 11.0. The number of rotatable bonds is 3. The zero-order chi connectivity index (χ0) is 15.0. The predicted molar refractivity (Wildman–Crippen MR) is 82.9 cm³/mol. The highest BCUT2D eigenvalue weighted by molar-refractivity contribution is 7.22. The van der Waals surface area contributed by atoms with Gasteiger partial charge in [-0.15, -0.1) is 11.3 Å². The first-order valence-corrected chi connectivity index (χ1v) is 7.20. The van der Waals surface area contributed by atoms with E-state index in [2.05, 4.69) is 9.97 Å². The van der Waals surface area contributed by atoms with E-state index < -0.39 is 5.91 Å². The lowest BCUT2D eigenvalue weighted by Gasteiger charge is -2.05. The summed E-state index contributed by atoms with van der Waals surface area (Å²) in [7, 11) is 1.61. The van der Waals surface area contributed by atoms with Crippen LogP contribution in [0.25, 0.3) is 20.7 Å². The topological polar surface area (TPSA) is 78.1 Å². The minimum Gasteiger partial charge on any atom is -0.496 e. The summed E-state index contributed by atoms with van der Waals surface area (Å²) < 4.78 is 5.97. The molecule has 2 aromatic heterocycles. The number of carbonyl (C=O) groups excluding carboxylic acids is 1. The van der Waals surface area contributed by atoms with E-state index >= 15 is 0 Å². The van der Waals surface area contributed by atoms with Crippen LogP contribution in [-0.2, 0) is 0 Å². The summed E-state index contributed by atoms with van der Waals surface area (Å²) in [6, 6.07) is 9.45. The fourth-order valence-corrected chi connectivity index (χ4v) is 3.35. The summed E-state index contributed by atoms with van der Waals surface area (Å²) in [5.74, 6) is 0.112. The highest BCUT2D eigenvalue weighted by atomic mass is 35.5. The standard InChI is InChI=1S/C14H10ClN3O2S/c1-20-9-5-3-2-4-7(9)10-6-8-12(21-10)11(13(16)19)18-14(15)17-8/h2-6H,1H3,(H2,16,19). The molecular weight excluding hydrogens is 310 g/mol. The first-order chi connectivity index (χ1) is 10.1. The van der Waals surface area contributed by atoms with Gasteiger partial charge in [0, 0.05) is 10.4 Å². The second kappa shape index (κ2) is 5.31. The van der Waals surface area contributed by atoms with Gasteiger partial charge >= 0.3 is 0 Å². The Morgan fingerprint density at radius 2 is 2.10 bits per heavy atom. The maximum absolute atomic E-state index is 11.5. The average molecular weight is 320 g/mol. The third kappa shape index (κ3) is 2.43. The average Bonchev–Trinajstić information content (AvgIpc) is 2.89. The Bertz CT molecular complexity index is 847. The Morgan fingerprint density at radius 1 is 1.33 bits per heavy atom. The number of thiophene rings is 1.